The van der Waals surface area contributed by atoms with Crippen molar-refractivity contribution in [3.63, 3.8) is 0 Å². The van der Waals surface area contributed by atoms with Crippen molar-refractivity contribution in [2.75, 3.05) is 13.3 Å². The molecule has 0 aliphatic heterocycles. The molecule has 2 aromatic carbocycles. The Morgan fingerprint density at radius 1 is 0.824 bits per heavy atom. The average Bonchev–Trinajstić information content (AvgIpc) is 2.30. The molecular formula is C16H18P-. The van der Waals surface area contributed by atoms with Gasteiger partial charge in [-0.3, -0.25) is 0 Å². The van der Waals surface area contributed by atoms with Crippen LogP contribution in [0.4, 0.5) is 0 Å². The van der Waals surface area contributed by atoms with Gasteiger partial charge in [0.15, 0.2) is 0 Å². The summed E-state index contributed by atoms with van der Waals surface area (Å²) in [7, 11) is 0. The highest BCUT2D eigenvalue weighted by molar-refractivity contribution is 7.76. The Balaban J connectivity index is 2.22. The Morgan fingerprint density at radius 2 is 1.35 bits per heavy atom. The highest BCUT2D eigenvalue weighted by atomic mass is 31.2. The summed E-state index contributed by atoms with van der Waals surface area (Å²) < 4.78 is 0. The summed E-state index contributed by atoms with van der Waals surface area (Å²) in [6.07, 6.45) is 2.40. The fourth-order valence-corrected chi connectivity index (χ4v) is 3.84. The maximum atomic E-state index is 2.40. The van der Waals surface area contributed by atoms with Gasteiger partial charge >= 0.3 is 0 Å². The number of hydrogen-bond donors (Lipinski definition) is 0. The van der Waals surface area contributed by atoms with Gasteiger partial charge in [0, 0.05) is 0 Å². The van der Waals surface area contributed by atoms with Gasteiger partial charge in [0.2, 0.25) is 0 Å². The SMILES string of the molecule is CP(C)(=Cc1ccccc1)[CH-]c1ccccc1. The molecule has 0 N–H and O–H groups in total. The molecule has 0 fully saturated rings. The van der Waals surface area contributed by atoms with Crippen LogP contribution >= 0.6 is 6.89 Å². The zero-order valence-corrected chi connectivity index (χ0v) is 11.3. The summed E-state index contributed by atoms with van der Waals surface area (Å²) in [6.45, 7) is 3.54. The van der Waals surface area contributed by atoms with Crippen molar-refractivity contribution >= 4 is 12.7 Å². The highest BCUT2D eigenvalue weighted by Crippen LogP contribution is 2.44. The van der Waals surface area contributed by atoms with E-state index in [-0.39, 0.29) is 0 Å². The first-order valence-corrected chi connectivity index (χ1v) is 8.63. The topological polar surface area (TPSA) is 0 Å². The summed E-state index contributed by atoms with van der Waals surface area (Å²) in [5.41, 5.74) is 2.64. The minimum Gasteiger partial charge on any atom is -0.188 e. The van der Waals surface area contributed by atoms with Crippen molar-refractivity contribution in [2.24, 2.45) is 0 Å². The van der Waals surface area contributed by atoms with Gasteiger partial charge in [-0.1, -0.05) is 55.5 Å². The van der Waals surface area contributed by atoms with E-state index in [9.17, 15) is 0 Å². The van der Waals surface area contributed by atoms with E-state index in [2.05, 4.69) is 86.0 Å². The van der Waals surface area contributed by atoms with Gasteiger partial charge in [-0.25, -0.2) is 0 Å². The Bertz CT molecular complexity index is 506. The van der Waals surface area contributed by atoms with Gasteiger partial charge in [0.25, 0.3) is 0 Å². The second-order valence-electron chi connectivity index (χ2n) is 4.71. The fourth-order valence-electron chi connectivity index (χ4n) is 1.88. The maximum absolute atomic E-state index is 2.40. The van der Waals surface area contributed by atoms with Gasteiger partial charge in [-0.15, -0.1) is 19.0 Å². The number of benzene rings is 2. The zero-order valence-electron chi connectivity index (χ0n) is 10.4. The van der Waals surface area contributed by atoms with E-state index in [0.29, 0.717) is 0 Å². The van der Waals surface area contributed by atoms with Crippen LogP contribution in [0.15, 0.2) is 60.7 Å². The molecular weight excluding hydrogens is 223 g/mol. The van der Waals surface area contributed by atoms with E-state index in [4.69, 9.17) is 0 Å². The van der Waals surface area contributed by atoms with Crippen LogP contribution in [-0.2, 0) is 0 Å². The monoisotopic (exact) mass is 241 g/mol. The van der Waals surface area contributed by atoms with Gasteiger partial charge in [-0.2, -0.15) is 23.9 Å². The van der Waals surface area contributed by atoms with E-state index in [1.807, 2.05) is 0 Å². The molecule has 17 heavy (non-hydrogen) atoms. The molecule has 0 bridgehead atoms. The predicted octanol–water partition coefficient (Wildman–Crippen LogP) is 4.32. The molecule has 0 spiro atoms. The van der Waals surface area contributed by atoms with Gasteiger partial charge < -0.3 is 0 Å². The van der Waals surface area contributed by atoms with Crippen LogP contribution in [0.2, 0.25) is 0 Å². The molecule has 0 saturated carbocycles. The molecule has 2 rings (SSSR count). The van der Waals surface area contributed by atoms with Crippen LogP contribution in [0.3, 0.4) is 0 Å². The largest absolute Gasteiger partial charge is 0.188 e. The lowest BCUT2D eigenvalue weighted by atomic mass is 10.2. The maximum Gasteiger partial charge on any atom is -0.0262 e. The predicted molar refractivity (Wildman–Crippen MR) is 80.2 cm³/mol. The lowest BCUT2D eigenvalue weighted by Crippen LogP contribution is -1.89. The van der Waals surface area contributed by atoms with Crippen molar-refractivity contribution in [3.05, 3.63) is 78.0 Å². The summed E-state index contributed by atoms with van der Waals surface area (Å²) in [6, 6.07) is 21.2. The van der Waals surface area contributed by atoms with Crippen molar-refractivity contribution < 1.29 is 0 Å². The molecule has 0 radical (unpaired) electrons. The lowest BCUT2D eigenvalue weighted by Gasteiger charge is -2.22. The lowest BCUT2D eigenvalue weighted by molar-refractivity contribution is 1.58. The molecule has 2 aromatic rings. The van der Waals surface area contributed by atoms with Crippen LogP contribution in [0.5, 0.6) is 0 Å². The molecule has 0 nitrogen and oxygen atoms in total. The number of rotatable bonds is 3. The van der Waals surface area contributed by atoms with E-state index >= 15 is 0 Å². The Hall–Kier alpha value is -1.39. The summed E-state index contributed by atoms with van der Waals surface area (Å²) in [5.74, 6) is 2.40. The fraction of sp³-hybridized carbons (Fsp3) is 0.125. The summed E-state index contributed by atoms with van der Waals surface area (Å²) in [5, 5.41) is 0. The van der Waals surface area contributed by atoms with E-state index < -0.39 is 6.89 Å². The van der Waals surface area contributed by atoms with E-state index in [1.54, 1.807) is 0 Å². The molecule has 88 valence electrons. The summed E-state index contributed by atoms with van der Waals surface area (Å²) >= 11 is 0. The van der Waals surface area contributed by atoms with Gasteiger partial charge in [-0.05, 0) is 5.56 Å². The smallest absolute Gasteiger partial charge is 0.0262 e. The molecule has 0 aromatic heterocycles. The van der Waals surface area contributed by atoms with E-state index in [0.717, 1.165) is 0 Å². The molecule has 0 aliphatic rings. The van der Waals surface area contributed by atoms with E-state index in [1.165, 1.54) is 11.1 Å². The Kier molecular flexibility index (Phi) is 3.76. The normalized spacial score (nSPS) is 10.9. The first kappa shape index (κ1) is 12.1. The summed E-state index contributed by atoms with van der Waals surface area (Å²) in [4.78, 5) is 0. The zero-order chi connectivity index (χ0) is 12.1. The van der Waals surface area contributed by atoms with Crippen molar-refractivity contribution in [3.8, 4) is 0 Å². The first-order chi connectivity index (χ1) is 8.16. The van der Waals surface area contributed by atoms with Gasteiger partial charge in [0.05, 0.1) is 0 Å². The number of hydrogen-bond acceptors (Lipinski definition) is 0. The molecule has 0 aliphatic carbocycles. The van der Waals surface area contributed by atoms with Crippen LogP contribution < -0.4 is 0 Å². The molecule has 1 heteroatoms. The van der Waals surface area contributed by atoms with Gasteiger partial charge in [0.1, 0.15) is 0 Å². The minimum absolute atomic E-state index is 1.14. The van der Waals surface area contributed by atoms with Crippen molar-refractivity contribution in [1.29, 1.82) is 0 Å². The highest BCUT2D eigenvalue weighted by Gasteiger charge is 1.99. The average molecular weight is 241 g/mol. The van der Waals surface area contributed by atoms with Crippen LogP contribution in [0, 0.1) is 6.16 Å². The Labute approximate surface area is 104 Å². The second kappa shape index (κ2) is 5.29. The standard InChI is InChI=1S/C16H18P/c1-17(2,13-15-9-5-3-6-10-15)14-16-11-7-4-8-12-16/h3-14H,1-2H3/q-1. The van der Waals surface area contributed by atoms with Crippen LogP contribution in [0.25, 0.3) is 0 Å². The van der Waals surface area contributed by atoms with Crippen LogP contribution in [0.1, 0.15) is 11.1 Å². The molecule has 0 saturated heterocycles. The third-order valence-corrected chi connectivity index (χ3v) is 4.49. The quantitative estimate of drug-likeness (QED) is 0.554. The second-order valence-corrected chi connectivity index (χ2v) is 8.48. The van der Waals surface area contributed by atoms with Crippen molar-refractivity contribution in [1.82, 2.24) is 0 Å². The molecule has 0 unspecified atom stereocenters. The molecule has 0 heterocycles. The molecule has 0 atom stereocenters. The Morgan fingerprint density at radius 3 is 1.94 bits per heavy atom. The minimum atomic E-state index is -1.14. The third-order valence-electron chi connectivity index (χ3n) is 2.56. The van der Waals surface area contributed by atoms with Crippen LogP contribution in [-0.4, -0.2) is 19.1 Å². The van der Waals surface area contributed by atoms with Crippen molar-refractivity contribution in [2.45, 2.75) is 0 Å². The molecule has 0 amide bonds. The first-order valence-electron chi connectivity index (χ1n) is 5.81. The third kappa shape index (κ3) is 3.84.